The molecule has 31 heavy (non-hydrogen) atoms. The number of esters is 1. The molecule has 8 nitrogen and oxygen atoms in total. The van der Waals surface area contributed by atoms with Crippen molar-refractivity contribution in [2.75, 3.05) is 34.7 Å². The smallest absolute Gasteiger partial charge is 0.310 e. The number of rotatable bonds is 4. The maximum Gasteiger partial charge on any atom is 0.310 e. The summed E-state index contributed by atoms with van der Waals surface area (Å²) in [5.41, 5.74) is 2.11. The molecular formula is C22H21BrO8. The fourth-order valence-electron chi connectivity index (χ4n) is 4.83. The third-order valence-corrected chi connectivity index (χ3v) is 7.28. The Morgan fingerprint density at radius 3 is 2.26 bits per heavy atom. The monoisotopic (exact) mass is 492 g/mol. The van der Waals surface area contributed by atoms with Crippen molar-refractivity contribution >= 4 is 21.9 Å². The number of fused-ring (bicyclic) bond motifs is 3. The molecule has 2 heterocycles. The van der Waals surface area contributed by atoms with Crippen LogP contribution in [0.4, 0.5) is 0 Å². The number of methoxy groups -OCH3 is 3. The van der Waals surface area contributed by atoms with Gasteiger partial charge in [-0.15, -0.1) is 0 Å². The molecule has 0 bridgehead atoms. The number of alkyl halides is 1. The molecule has 1 N–H and O–H groups in total. The van der Waals surface area contributed by atoms with Gasteiger partial charge in [-0.3, -0.25) is 4.79 Å². The first-order valence-electron chi connectivity index (χ1n) is 9.72. The average Bonchev–Trinajstić information content (AvgIpc) is 3.39. The third kappa shape index (κ3) is 2.86. The van der Waals surface area contributed by atoms with Gasteiger partial charge in [0.05, 0.1) is 39.8 Å². The Labute approximate surface area is 187 Å². The van der Waals surface area contributed by atoms with E-state index < -0.39 is 22.3 Å². The van der Waals surface area contributed by atoms with Gasteiger partial charge in [0.2, 0.25) is 12.5 Å². The molecule has 4 atom stereocenters. The fourth-order valence-corrected chi connectivity index (χ4v) is 5.59. The van der Waals surface area contributed by atoms with Crippen LogP contribution in [-0.2, 0) is 14.0 Å². The van der Waals surface area contributed by atoms with Crippen LogP contribution in [0.1, 0.15) is 22.6 Å². The summed E-state index contributed by atoms with van der Waals surface area (Å²) in [5, 5.41) is 11.4. The van der Waals surface area contributed by atoms with Crippen molar-refractivity contribution in [1.29, 1.82) is 0 Å². The Morgan fingerprint density at radius 1 is 1.00 bits per heavy atom. The zero-order valence-electron chi connectivity index (χ0n) is 17.1. The lowest BCUT2D eigenvalue weighted by Gasteiger charge is -2.41. The van der Waals surface area contributed by atoms with E-state index in [0.717, 1.165) is 11.1 Å². The molecule has 0 radical (unpaired) electrons. The van der Waals surface area contributed by atoms with Gasteiger partial charge in [0, 0.05) is 11.5 Å². The largest absolute Gasteiger partial charge is 0.493 e. The van der Waals surface area contributed by atoms with Gasteiger partial charge in [-0.2, -0.15) is 0 Å². The molecule has 0 aromatic heterocycles. The highest BCUT2D eigenvalue weighted by Crippen LogP contribution is 2.59. The number of halogens is 1. The van der Waals surface area contributed by atoms with E-state index in [2.05, 4.69) is 15.9 Å². The number of aliphatic hydroxyl groups is 1. The summed E-state index contributed by atoms with van der Waals surface area (Å²) in [7, 11) is 4.61. The third-order valence-electron chi connectivity index (χ3n) is 6.27. The van der Waals surface area contributed by atoms with Gasteiger partial charge >= 0.3 is 5.97 Å². The second-order valence-corrected chi connectivity index (χ2v) is 8.87. The van der Waals surface area contributed by atoms with Gasteiger partial charge in [-0.05, 0) is 51.3 Å². The molecule has 2 aromatic rings. The molecule has 1 fully saturated rings. The predicted octanol–water partition coefficient (Wildman–Crippen LogP) is 2.92. The Balaban J connectivity index is 1.77. The van der Waals surface area contributed by atoms with Crippen LogP contribution in [0.2, 0.25) is 0 Å². The Morgan fingerprint density at radius 2 is 1.65 bits per heavy atom. The molecule has 2 aliphatic heterocycles. The van der Waals surface area contributed by atoms with Crippen molar-refractivity contribution in [2.45, 2.75) is 10.4 Å². The standard InChI is InChI=1S/C22H21BrO8/c1-26-16-4-10(5-17(27-2)20(16)28-3)18-11-6-14-15(31-9-30-14)7-12(11)22(23,25)13-8-29-21(24)19(13)18/h4-7,13,18-19,25H,8-9H2,1-3H3/t13-,18+,19-,22-/m0/s1. The lowest BCUT2D eigenvalue weighted by Crippen LogP contribution is -2.43. The number of benzene rings is 2. The normalized spacial score (nSPS) is 27.9. The summed E-state index contributed by atoms with van der Waals surface area (Å²) in [6.45, 7) is 0.197. The maximum absolute atomic E-state index is 12.9. The van der Waals surface area contributed by atoms with Crippen LogP contribution < -0.4 is 23.7 Å². The number of carbonyl (C=O) groups excluding carboxylic acids is 1. The van der Waals surface area contributed by atoms with Crippen LogP contribution in [0, 0.1) is 11.8 Å². The van der Waals surface area contributed by atoms with E-state index in [1.807, 2.05) is 18.2 Å². The molecule has 1 saturated heterocycles. The van der Waals surface area contributed by atoms with E-state index in [1.165, 1.54) is 21.3 Å². The molecule has 3 aliphatic rings. The highest BCUT2D eigenvalue weighted by molar-refractivity contribution is 9.09. The topological polar surface area (TPSA) is 92.7 Å². The van der Waals surface area contributed by atoms with Crippen LogP contribution >= 0.6 is 15.9 Å². The van der Waals surface area contributed by atoms with Gasteiger partial charge in [0.1, 0.15) is 0 Å². The van der Waals surface area contributed by atoms with Crippen molar-refractivity contribution in [3.63, 3.8) is 0 Å². The van der Waals surface area contributed by atoms with Crippen molar-refractivity contribution in [3.05, 3.63) is 41.0 Å². The Bertz CT molecular complexity index is 1040. The van der Waals surface area contributed by atoms with Crippen LogP contribution in [0.15, 0.2) is 24.3 Å². The van der Waals surface area contributed by atoms with Crippen molar-refractivity contribution in [1.82, 2.24) is 0 Å². The van der Waals surface area contributed by atoms with Crippen molar-refractivity contribution in [2.24, 2.45) is 11.8 Å². The summed E-state index contributed by atoms with van der Waals surface area (Å²) < 4.78 is 31.5. The first-order valence-corrected chi connectivity index (χ1v) is 10.5. The van der Waals surface area contributed by atoms with E-state index in [9.17, 15) is 9.90 Å². The van der Waals surface area contributed by atoms with E-state index in [-0.39, 0.29) is 19.4 Å². The minimum atomic E-state index is -1.46. The molecule has 164 valence electrons. The van der Waals surface area contributed by atoms with Crippen molar-refractivity contribution < 1.29 is 38.3 Å². The Hall–Kier alpha value is -2.65. The van der Waals surface area contributed by atoms with E-state index in [4.69, 9.17) is 28.4 Å². The summed E-state index contributed by atoms with van der Waals surface area (Å²) in [6.07, 6.45) is 0. The minimum absolute atomic E-state index is 0.0973. The van der Waals surface area contributed by atoms with Crippen LogP contribution in [-0.4, -0.2) is 45.8 Å². The molecule has 9 heteroatoms. The van der Waals surface area contributed by atoms with E-state index in [1.54, 1.807) is 6.07 Å². The van der Waals surface area contributed by atoms with Gasteiger partial charge in [-0.25, -0.2) is 0 Å². The molecular weight excluding hydrogens is 472 g/mol. The molecule has 0 amide bonds. The number of ether oxygens (including phenoxy) is 6. The Kier molecular flexibility index (Phi) is 4.71. The van der Waals surface area contributed by atoms with Gasteiger partial charge in [-0.1, -0.05) is 0 Å². The van der Waals surface area contributed by atoms with Crippen LogP contribution in [0.3, 0.4) is 0 Å². The maximum atomic E-state index is 12.9. The lowest BCUT2D eigenvalue weighted by atomic mass is 9.66. The van der Waals surface area contributed by atoms with Crippen LogP contribution in [0.25, 0.3) is 0 Å². The average molecular weight is 493 g/mol. The minimum Gasteiger partial charge on any atom is -0.493 e. The molecule has 0 saturated carbocycles. The number of carbonyl (C=O) groups is 1. The highest BCUT2D eigenvalue weighted by atomic mass is 79.9. The fraction of sp³-hybridized carbons (Fsp3) is 0.409. The van der Waals surface area contributed by atoms with Gasteiger partial charge in [0.15, 0.2) is 27.5 Å². The first-order chi connectivity index (χ1) is 14.9. The van der Waals surface area contributed by atoms with Gasteiger partial charge in [0.25, 0.3) is 0 Å². The van der Waals surface area contributed by atoms with Crippen LogP contribution in [0.5, 0.6) is 28.7 Å². The molecule has 0 unspecified atom stereocenters. The summed E-state index contributed by atoms with van der Waals surface area (Å²) in [6, 6.07) is 7.22. The SMILES string of the molecule is COc1cc([C@@H]2c3cc4c(cc3[C@@](O)(Br)[C@H]3COC(=O)[C@H]23)OCO4)cc(OC)c1OC. The van der Waals surface area contributed by atoms with Crippen molar-refractivity contribution in [3.8, 4) is 28.7 Å². The van der Waals surface area contributed by atoms with Gasteiger partial charge < -0.3 is 33.5 Å². The molecule has 5 rings (SSSR count). The molecule has 0 spiro atoms. The number of hydrogen-bond donors (Lipinski definition) is 1. The number of cyclic esters (lactones) is 1. The lowest BCUT2D eigenvalue weighted by molar-refractivity contribution is -0.141. The predicted molar refractivity (Wildman–Crippen MR) is 111 cm³/mol. The number of hydrogen-bond acceptors (Lipinski definition) is 8. The summed E-state index contributed by atoms with van der Waals surface area (Å²) in [5.74, 6) is 0.577. The quantitative estimate of drug-likeness (QED) is 0.514. The highest BCUT2D eigenvalue weighted by Gasteiger charge is 2.58. The molecule has 1 aliphatic carbocycles. The zero-order chi connectivity index (χ0) is 21.9. The second-order valence-electron chi connectivity index (χ2n) is 7.66. The zero-order valence-corrected chi connectivity index (χ0v) is 18.7. The summed E-state index contributed by atoms with van der Waals surface area (Å²) in [4.78, 5) is 12.9. The second kappa shape index (κ2) is 7.20. The molecule has 2 aromatic carbocycles. The van der Waals surface area contributed by atoms with E-state index >= 15 is 0 Å². The van der Waals surface area contributed by atoms with E-state index in [0.29, 0.717) is 34.3 Å². The summed E-state index contributed by atoms with van der Waals surface area (Å²) >= 11 is 3.47. The first kappa shape index (κ1) is 20.3.